The Balaban J connectivity index is 1.36. The average molecular weight is 484 g/mol. The van der Waals surface area contributed by atoms with E-state index in [2.05, 4.69) is 15.0 Å². The molecule has 0 unspecified atom stereocenters. The number of aliphatic carboxylic acids is 1. The van der Waals surface area contributed by atoms with Crippen LogP contribution >= 0.6 is 11.6 Å². The van der Waals surface area contributed by atoms with Gasteiger partial charge >= 0.3 is 12.0 Å². The van der Waals surface area contributed by atoms with Crippen molar-refractivity contribution < 1.29 is 28.2 Å². The summed E-state index contributed by atoms with van der Waals surface area (Å²) in [6.45, 7) is 3.84. The number of aryl methyl sites for hydroxylation is 2. The van der Waals surface area contributed by atoms with E-state index in [0.29, 0.717) is 24.2 Å². The maximum absolute atomic E-state index is 13.3. The third-order valence-corrected chi connectivity index (χ3v) is 5.95. The number of oxazole rings is 1. The fraction of sp³-hybridized carbons (Fsp3) is 0.250. The van der Waals surface area contributed by atoms with Gasteiger partial charge in [-0.25, -0.2) is 14.4 Å². The molecule has 8 nitrogen and oxygen atoms in total. The summed E-state index contributed by atoms with van der Waals surface area (Å²) in [7, 11) is 0. The van der Waals surface area contributed by atoms with Gasteiger partial charge in [-0.15, -0.1) is 0 Å². The normalized spacial score (nSPS) is 17.4. The van der Waals surface area contributed by atoms with Crippen LogP contribution in [0.2, 0.25) is 5.02 Å². The Morgan fingerprint density at radius 1 is 1.18 bits per heavy atom. The first-order valence-corrected chi connectivity index (χ1v) is 10.9. The van der Waals surface area contributed by atoms with Gasteiger partial charge in [-0.2, -0.15) is 4.98 Å². The zero-order chi connectivity index (χ0) is 24.0. The molecule has 1 saturated carbocycles. The van der Waals surface area contributed by atoms with Crippen LogP contribution in [-0.4, -0.2) is 32.1 Å². The van der Waals surface area contributed by atoms with Gasteiger partial charge in [0.1, 0.15) is 28.9 Å². The number of aromatic nitrogens is 3. The Labute approximate surface area is 198 Å². The number of fused-ring (bicyclic) bond motifs is 1. The number of benzene rings is 2. The summed E-state index contributed by atoms with van der Waals surface area (Å²) in [4.78, 5) is 23.8. The summed E-state index contributed by atoms with van der Waals surface area (Å²) >= 11 is 5.78. The van der Waals surface area contributed by atoms with E-state index < -0.39 is 11.8 Å². The molecule has 0 amide bonds. The summed E-state index contributed by atoms with van der Waals surface area (Å²) in [6, 6.07) is 7.74. The van der Waals surface area contributed by atoms with Gasteiger partial charge in [-0.1, -0.05) is 11.6 Å². The first-order valence-electron chi connectivity index (χ1n) is 10.5. The van der Waals surface area contributed by atoms with Crippen LogP contribution in [0.15, 0.2) is 40.9 Å². The van der Waals surface area contributed by atoms with Gasteiger partial charge in [0, 0.05) is 11.6 Å². The molecule has 34 heavy (non-hydrogen) atoms. The molecule has 4 aromatic rings. The summed E-state index contributed by atoms with van der Waals surface area (Å²) in [6.07, 6.45) is 2.39. The standard InChI is InChI=1S/C24H19ClFN3O5/c1-11-5-13(6-12(2)20(11)32-16-7-14(8-16)23(30)31)21-28-19-10-27-24(29-22(19)34-21)33-15-3-4-18(26)17(25)9-15/h3-6,9-10,14,16H,7-8H2,1-2H3,(H,30,31). The predicted molar refractivity (Wildman–Crippen MR) is 121 cm³/mol. The maximum Gasteiger partial charge on any atom is 0.325 e. The van der Waals surface area contributed by atoms with Crippen molar-refractivity contribution in [1.29, 1.82) is 0 Å². The molecule has 10 heteroatoms. The highest BCUT2D eigenvalue weighted by Crippen LogP contribution is 2.36. The average Bonchev–Trinajstić information content (AvgIpc) is 3.17. The molecule has 1 fully saturated rings. The van der Waals surface area contributed by atoms with Crippen molar-refractivity contribution in [2.24, 2.45) is 5.92 Å². The van der Waals surface area contributed by atoms with Crippen LogP contribution in [0.5, 0.6) is 17.5 Å². The number of nitrogens with zero attached hydrogens (tertiary/aromatic N) is 3. The smallest absolute Gasteiger partial charge is 0.325 e. The van der Waals surface area contributed by atoms with Crippen molar-refractivity contribution >= 4 is 28.8 Å². The van der Waals surface area contributed by atoms with Crippen LogP contribution in [-0.2, 0) is 4.79 Å². The molecule has 1 aliphatic rings. The predicted octanol–water partition coefficient (Wildman–Crippen LogP) is 5.73. The van der Waals surface area contributed by atoms with Crippen LogP contribution in [0.1, 0.15) is 24.0 Å². The van der Waals surface area contributed by atoms with Gasteiger partial charge in [-0.05, 0) is 62.1 Å². The lowest BCUT2D eigenvalue weighted by molar-refractivity contribution is -0.147. The van der Waals surface area contributed by atoms with Crippen molar-refractivity contribution in [3.8, 4) is 29.0 Å². The minimum absolute atomic E-state index is 0.00847. The van der Waals surface area contributed by atoms with E-state index >= 15 is 0 Å². The van der Waals surface area contributed by atoms with E-state index in [1.165, 1.54) is 24.4 Å². The molecular formula is C24H19ClFN3O5. The summed E-state index contributed by atoms with van der Waals surface area (Å²) in [5.41, 5.74) is 3.20. The monoisotopic (exact) mass is 483 g/mol. The number of rotatable bonds is 6. The van der Waals surface area contributed by atoms with Gasteiger partial charge in [0.15, 0.2) is 0 Å². The maximum atomic E-state index is 13.3. The number of halogens is 2. The molecule has 2 heterocycles. The third kappa shape index (κ3) is 4.26. The molecule has 2 aromatic carbocycles. The number of carboxylic acids is 1. The van der Waals surface area contributed by atoms with Crippen LogP contribution in [0.4, 0.5) is 4.39 Å². The summed E-state index contributed by atoms with van der Waals surface area (Å²) in [5, 5.41) is 8.98. The second-order valence-electron chi connectivity index (χ2n) is 8.23. The molecule has 1 N–H and O–H groups in total. The Kier molecular flexibility index (Phi) is 5.57. The number of hydrogen-bond acceptors (Lipinski definition) is 7. The quantitative estimate of drug-likeness (QED) is 0.370. The van der Waals surface area contributed by atoms with Gasteiger partial charge in [0.2, 0.25) is 5.89 Å². The van der Waals surface area contributed by atoms with E-state index in [9.17, 15) is 9.18 Å². The Bertz CT molecular complexity index is 1390. The van der Waals surface area contributed by atoms with Crippen molar-refractivity contribution in [3.05, 3.63) is 58.5 Å². The van der Waals surface area contributed by atoms with Crippen molar-refractivity contribution in [1.82, 2.24) is 15.0 Å². The van der Waals surface area contributed by atoms with Gasteiger partial charge < -0.3 is 19.0 Å². The first kappa shape index (κ1) is 22.1. The van der Waals surface area contributed by atoms with Crippen molar-refractivity contribution in [2.75, 3.05) is 0 Å². The molecule has 0 radical (unpaired) electrons. The Morgan fingerprint density at radius 2 is 1.91 bits per heavy atom. The van der Waals surface area contributed by atoms with Crippen LogP contribution in [0.25, 0.3) is 22.7 Å². The number of carboxylic acid groups (broad SMARTS) is 1. The molecule has 0 bridgehead atoms. The fourth-order valence-electron chi connectivity index (χ4n) is 3.83. The minimum Gasteiger partial charge on any atom is -0.490 e. The highest BCUT2D eigenvalue weighted by atomic mass is 35.5. The van der Waals surface area contributed by atoms with Crippen LogP contribution in [0.3, 0.4) is 0 Å². The number of hydrogen-bond donors (Lipinski definition) is 1. The molecule has 174 valence electrons. The molecule has 2 aromatic heterocycles. The van der Waals surface area contributed by atoms with Gasteiger partial charge in [-0.3, -0.25) is 4.79 Å². The van der Waals surface area contributed by atoms with E-state index in [1.807, 2.05) is 26.0 Å². The summed E-state index contributed by atoms with van der Waals surface area (Å²) in [5.74, 6) is -0.281. The van der Waals surface area contributed by atoms with Gasteiger partial charge in [0.05, 0.1) is 17.1 Å². The summed E-state index contributed by atoms with van der Waals surface area (Å²) < 4.78 is 30.8. The molecule has 1 aliphatic carbocycles. The zero-order valence-corrected chi connectivity index (χ0v) is 19.0. The molecular weight excluding hydrogens is 465 g/mol. The lowest BCUT2D eigenvalue weighted by Gasteiger charge is -2.33. The van der Waals surface area contributed by atoms with Gasteiger partial charge in [0.25, 0.3) is 5.71 Å². The highest BCUT2D eigenvalue weighted by molar-refractivity contribution is 6.30. The third-order valence-electron chi connectivity index (χ3n) is 5.66. The van der Waals surface area contributed by atoms with E-state index in [0.717, 1.165) is 22.4 Å². The van der Waals surface area contributed by atoms with E-state index in [4.69, 9.17) is 30.6 Å². The molecule has 0 atom stereocenters. The van der Waals surface area contributed by atoms with Crippen molar-refractivity contribution in [2.45, 2.75) is 32.8 Å². The van der Waals surface area contributed by atoms with E-state index in [-0.39, 0.29) is 34.5 Å². The van der Waals surface area contributed by atoms with Crippen LogP contribution in [0, 0.1) is 25.6 Å². The zero-order valence-electron chi connectivity index (χ0n) is 18.2. The molecule has 0 aliphatic heterocycles. The molecule has 5 rings (SSSR count). The second-order valence-corrected chi connectivity index (χ2v) is 8.63. The fourth-order valence-corrected chi connectivity index (χ4v) is 4.00. The lowest BCUT2D eigenvalue weighted by Crippen LogP contribution is -2.38. The SMILES string of the molecule is Cc1cc(-c2nc3cnc(Oc4ccc(F)c(Cl)c4)nc3o2)cc(C)c1OC1CC(C(=O)O)C1. The largest absolute Gasteiger partial charge is 0.490 e. The van der Waals surface area contributed by atoms with Crippen LogP contribution < -0.4 is 9.47 Å². The number of carbonyl (C=O) groups is 1. The topological polar surface area (TPSA) is 108 Å². The van der Waals surface area contributed by atoms with Crippen molar-refractivity contribution in [3.63, 3.8) is 0 Å². The Hall–Kier alpha value is -3.72. The lowest BCUT2D eigenvalue weighted by atomic mass is 9.82. The molecule has 0 spiro atoms. The Morgan fingerprint density at radius 3 is 2.59 bits per heavy atom. The van der Waals surface area contributed by atoms with E-state index in [1.54, 1.807) is 0 Å². The molecule has 0 saturated heterocycles. The highest BCUT2D eigenvalue weighted by Gasteiger charge is 2.36. The minimum atomic E-state index is -0.780. The first-order chi connectivity index (χ1) is 16.3. The second kappa shape index (κ2) is 8.57. The number of ether oxygens (including phenoxy) is 2.